The van der Waals surface area contributed by atoms with Gasteiger partial charge in [0.25, 0.3) is 0 Å². The molecule has 3 N–H and O–H groups in total. The van der Waals surface area contributed by atoms with Crippen LogP contribution in [0.1, 0.15) is 11.4 Å². The van der Waals surface area contributed by atoms with Crippen LogP contribution in [0.2, 0.25) is 5.02 Å². The van der Waals surface area contributed by atoms with Crippen LogP contribution in [0.5, 0.6) is 5.88 Å². The van der Waals surface area contributed by atoms with E-state index in [1.54, 1.807) is 6.92 Å². The molecule has 0 spiro atoms. The van der Waals surface area contributed by atoms with E-state index in [-0.39, 0.29) is 0 Å². The van der Waals surface area contributed by atoms with Crippen molar-refractivity contribution in [2.24, 2.45) is 0 Å². The van der Waals surface area contributed by atoms with Gasteiger partial charge in [0.15, 0.2) is 5.82 Å². The maximum absolute atomic E-state index is 5.92. The number of nitrogen functional groups attached to an aromatic ring is 1. The first-order chi connectivity index (χ1) is 9.10. The Labute approximate surface area is 116 Å². The molecule has 0 atom stereocenters. The van der Waals surface area contributed by atoms with Crippen molar-refractivity contribution in [3.8, 4) is 5.88 Å². The number of hydrogen-bond acceptors (Lipinski definition) is 5. The molecule has 6 heteroatoms. The Bertz CT molecular complexity index is 572. The smallest absolute Gasteiger partial charge is 0.242 e. The number of benzene rings is 1. The predicted molar refractivity (Wildman–Crippen MR) is 76.5 cm³/mol. The molecule has 0 aliphatic heterocycles. The molecule has 19 heavy (non-hydrogen) atoms. The van der Waals surface area contributed by atoms with Gasteiger partial charge < -0.3 is 15.8 Å². The molecule has 0 saturated heterocycles. The van der Waals surface area contributed by atoms with E-state index in [0.717, 1.165) is 5.56 Å². The molecular weight excluding hydrogens is 264 g/mol. The van der Waals surface area contributed by atoms with Crippen LogP contribution in [0.3, 0.4) is 0 Å². The van der Waals surface area contributed by atoms with Gasteiger partial charge in [-0.05, 0) is 24.6 Å². The number of rotatable bonds is 4. The molecule has 0 amide bonds. The molecule has 0 unspecified atom stereocenters. The van der Waals surface area contributed by atoms with Gasteiger partial charge in [-0.1, -0.05) is 23.7 Å². The Morgan fingerprint density at radius 3 is 2.58 bits per heavy atom. The summed E-state index contributed by atoms with van der Waals surface area (Å²) in [6, 6.07) is 7.56. The maximum Gasteiger partial charge on any atom is 0.242 e. The molecule has 0 radical (unpaired) electrons. The predicted octanol–water partition coefficient (Wildman–Crippen LogP) is 2.64. The Morgan fingerprint density at radius 1 is 1.26 bits per heavy atom. The lowest BCUT2D eigenvalue weighted by atomic mass is 10.2. The van der Waals surface area contributed by atoms with Crippen LogP contribution in [-0.2, 0) is 6.54 Å². The Balaban J connectivity index is 2.15. The van der Waals surface area contributed by atoms with Gasteiger partial charge in [-0.3, -0.25) is 0 Å². The summed E-state index contributed by atoms with van der Waals surface area (Å²) in [6.45, 7) is 2.39. The number of ether oxygens (including phenoxy) is 1. The number of methoxy groups -OCH3 is 1. The summed E-state index contributed by atoms with van der Waals surface area (Å²) in [5.74, 6) is 1.55. The second kappa shape index (κ2) is 5.75. The van der Waals surface area contributed by atoms with Crippen LogP contribution >= 0.6 is 11.6 Å². The van der Waals surface area contributed by atoms with Gasteiger partial charge in [0.1, 0.15) is 11.5 Å². The number of nitrogens with two attached hydrogens (primary N) is 1. The number of nitrogens with zero attached hydrogens (tertiary/aromatic N) is 2. The zero-order valence-electron chi connectivity index (χ0n) is 10.8. The molecular formula is C13H15ClN4O. The van der Waals surface area contributed by atoms with Gasteiger partial charge in [0, 0.05) is 11.6 Å². The first kappa shape index (κ1) is 13.4. The Morgan fingerprint density at radius 2 is 1.95 bits per heavy atom. The van der Waals surface area contributed by atoms with Gasteiger partial charge in [-0.25, -0.2) is 4.98 Å². The molecule has 0 aliphatic rings. The van der Waals surface area contributed by atoms with Crippen LogP contribution in [0, 0.1) is 6.92 Å². The monoisotopic (exact) mass is 278 g/mol. The highest BCUT2D eigenvalue weighted by atomic mass is 35.5. The SMILES string of the molecule is COc1nc(C)nc(NCc2ccc(Cl)cc2)c1N. The number of aryl methyl sites for hydroxylation is 1. The molecule has 100 valence electrons. The van der Waals surface area contributed by atoms with Crippen LogP contribution in [0.25, 0.3) is 0 Å². The van der Waals surface area contributed by atoms with Gasteiger partial charge >= 0.3 is 0 Å². The summed E-state index contributed by atoms with van der Waals surface area (Å²) < 4.78 is 5.10. The third kappa shape index (κ3) is 3.26. The largest absolute Gasteiger partial charge is 0.479 e. The minimum atomic E-state index is 0.381. The molecule has 5 nitrogen and oxygen atoms in total. The summed E-state index contributed by atoms with van der Waals surface area (Å²) >= 11 is 5.84. The maximum atomic E-state index is 5.92. The van der Waals surface area contributed by atoms with Gasteiger partial charge in [0.2, 0.25) is 5.88 Å². The summed E-state index contributed by atoms with van der Waals surface area (Å²) in [6.07, 6.45) is 0. The van der Waals surface area contributed by atoms with Crippen LogP contribution in [0.15, 0.2) is 24.3 Å². The molecule has 0 bridgehead atoms. The fraction of sp³-hybridized carbons (Fsp3) is 0.231. The van der Waals surface area contributed by atoms with Gasteiger partial charge in [0.05, 0.1) is 7.11 Å². The number of anilines is 2. The second-order valence-electron chi connectivity index (χ2n) is 4.02. The molecule has 1 heterocycles. The van der Waals surface area contributed by atoms with Crippen molar-refractivity contribution in [3.63, 3.8) is 0 Å². The standard InChI is InChI=1S/C13H15ClN4O/c1-8-17-12(11(15)13(18-8)19-2)16-7-9-3-5-10(14)6-4-9/h3-6H,7,15H2,1-2H3,(H,16,17,18). The average molecular weight is 279 g/mol. The molecule has 0 saturated carbocycles. The van der Waals surface area contributed by atoms with Crippen molar-refractivity contribution in [1.82, 2.24) is 9.97 Å². The summed E-state index contributed by atoms with van der Waals surface area (Å²) in [4.78, 5) is 8.36. The van der Waals surface area contributed by atoms with Crippen LogP contribution < -0.4 is 15.8 Å². The number of hydrogen-bond donors (Lipinski definition) is 2. The van der Waals surface area contributed by atoms with Crippen LogP contribution in [0.4, 0.5) is 11.5 Å². The van der Waals surface area contributed by atoms with Crippen molar-refractivity contribution in [2.75, 3.05) is 18.2 Å². The third-order valence-electron chi connectivity index (χ3n) is 2.59. The molecule has 1 aromatic carbocycles. The normalized spacial score (nSPS) is 10.3. The number of nitrogens with one attached hydrogen (secondary N) is 1. The quantitative estimate of drug-likeness (QED) is 0.899. The van der Waals surface area contributed by atoms with Gasteiger partial charge in [-0.15, -0.1) is 0 Å². The van der Waals surface area contributed by atoms with E-state index < -0.39 is 0 Å². The van der Waals surface area contributed by atoms with E-state index in [9.17, 15) is 0 Å². The fourth-order valence-corrected chi connectivity index (χ4v) is 1.76. The molecule has 2 rings (SSSR count). The Hall–Kier alpha value is -2.01. The molecule has 0 fully saturated rings. The summed E-state index contributed by atoms with van der Waals surface area (Å²) in [7, 11) is 1.53. The average Bonchev–Trinajstić information content (AvgIpc) is 2.41. The van der Waals surface area contributed by atoms with E-state index in [4.69, 9.17) is 22.1 Å². The molecule has 1 aromatic heterocycles. The Kier molecular flexibility index (Phi) is 4.06. The van der Waals surface area contributed by atoms with Crippen molar-refractivity contribution < 1.29 is 4.74 Å². The highest BCUT2D eigenvalue weighted by Crippen LogP contribution is 2.25. The second-order valence-corrected chi connectivity index (χ2v) is 4.46. The zero-order valence-corrected chi connectivity index (χ0v) is 11.5. The highest BCUT2D eigenvalue weighted by Gasteiger charge is 2.10. The molecule has 2 aromatic rings. The number of halogens is 1. The lowest BCUT2D eigenvalue weighted by Gasteiger charge is -2.11. The third-order valence-corrected chi connectivity index (χ3v) is 2.84. The zero-order chi connectivity index (χ0) is 13.8. The fourth-order valence-electron chi connectivity index (χ4n) is 1.63. The highest BCUT2D eigenvalue weighted by molar-refractivity contribution is 6.30. The van der Waals surface area contributed by atoms with E-state index in [2.05, 4.69) is 15.3 Å². The summed E-state index contributed by atoms with van der Waals surface area (Å²) in [5.41, 5.74) is 7.40. The van der Waals surface area contributed by atoms with E-state index in [1.807, 2.05) is 24.3 Å². The van der Waals surface area contributed by atoms with E-state index in [0.29, 0.717) is 34.8 Å². The van der Waals surface area contributed by atoms with Crippen LogP contribution in [-0.4, -0.2) is 17.1 Å². The molecule has 0 aliphatic carbocycles. The summed E-state index contributed by atoms with van der Waals surface area (Å²) in [5, 5.41) is 3.88. The van der Waals surface area contributed by atoms with Crippen molar-refractivity contribution in [1.29, 1.82) is 0 Å². The van der Waals surface area contributed by atoms with Crippen molar-refractivity contribution in [2.45, 2.75) is 13.5 Å². The van der Waals surface area contributed by atoms with Crippen molar-refractivity contribution >= 4 is 23.1 Å². The van der Waals surface area contributed by atoms with Crippen molar-refractivity contribution in [3.05, 3.63) is 40.7 Å². The van der Waals surface area contributed by atoms with E-state index in [1.165, 1.54) is 7.11 Å². The van der Waals surface area contributed by atoms with Gasteiger partial charge in [-0.2, -0.15) is 4.98 Å². The minimum absolute atomic E-state index is 0.381. The lowest BCUT2D eigenvalue weighted by molar-refractivity contribution is 0.398. The number of aromatic nitrogens is 2. The minimum Gasteiger partial charge on any atom is -0.479 e. The lowest BCUT2D eigenvalue weighted by Crippen LogP contribution is -2.08. The first-order valence-electron chi connectivity index (χ1n) is 5.76. The topological polar surface area (TPSA) is 73.1 Å². The van der Waals surface area contributed by atoms with E-state index >= 15 is 0 Å². The first-order valence-corrected chi connectivity index (χ1v) is 6.14.